The van der Waals surface area contributed by atoms with E-state index in [-0.39, 0.29) is 0 Å². The lowest BCUT2D eigenvalue weighted by Gasteiger charge is -2.00. The second-order valence-corrected chi connectivity index (χ2v) is 3.90. The average molecular weight is 179 g/mol. The van der Waals surface area contributed by atoms with Crippen LogP contribution in [-0.2, 0) is 6.42 Å². The molecule has 67 valence electrons. The number of aryl methyl sites for hydroxylation is 1. The van der Waals surface area contributed by atoms with E-state index < -0.39 is 0 Å². The Morgan fingerprint density at radius 1 is 1.14 bits per heavy atom. The third kappa shape index (κ3) is 1.00. The van der Waals surface area contributed by atoms with Crippen LogP contribution in [0.15, 0.2) is 36.4 Å². The van der Waals surface area contributed by atoms with Crippen molar-refractivity contribution >= 4 is 0 Å². The van der Waals surface area contributed by atoms with Crippen molar-refractivity contribution < 1.29 is 0 Å². The van der Waals surface area contributed by atoms with Gasteiger partial charge in [-0.25, -0.2) is 0 Å². The van der Waals surface area contributed by atoms with Crippen molar-refractivity contribution in [3.05, 3.63) is 59.2 Å². The summed E-state index contributed by atoms with van der Waals surface area (Å²) in [6, 6.07) is 16.3. The summed E-state index contributed by atoms with van der Waals surface area (Å²) in [5, 5.41) is 0. The summed E-state index contributed by atoms with van der Waals surface area (Å²) < 4.78 is 0. The summed E-state index contributed by atoms with van der Waals surface area (Å²) in [5.74, 6) is 0. The van der Waals surface area contributed by atoms with E-state index in [0.29, 0.717) is 0 Å². The van der Waals surface area contributed by atoms with E-state index >= 15 is 0 Å². The van der Waals surface area contributed by atoms with E-state index in [1.807, 2.05) is 0 Å². The van der Waals surface area contributed by atoms with Crippen LogP contribution >= 0.6 is 0 Å². The number of rotatable bonds is 0. The summed E-state index contributed by atoms with van der Waals surface area (Å²) in [6.45, 7) is 2.12. The molecule has 0 saturated heterocycles. The largest absolute Gasteiger partial charge is 0.0619 e. The average Bonchev–Trinajstić information content (AvgIpc) is 2.56. The Bertz CT molecular complexity index is 495. The van der Waals surface area contributed by atoms with Crippen molar-refractivity contribution in [3.8, 4) is 11.1 Å². The van der Waals surface area contributed by atoms with Crippen LogP contribution in [0.4, 0.5) is 0 Å². The molecule has 0 aliphatic heterocycles. The molecule has 1 aliphatic rings. The second-order valence-electron chi connectivity index (χ2n) is 3.90. The Morgan fingerprint density at radius 3 is 2.93 bits per heavy atom. The van der Waals surface area contributed by atoms with Crippen LogP contribution in [0.2, 0.25) is 0 Å². The molecule has 3 rings (SSSR count). The van der Waals surface area contributed by atoms with Crippen molar-refractivity contribution in [2.75, 3.05) is 0 Å². The molecular weight excluding hydrogens is 168 g/mol. The second kappa shape index (κ2) is 2.71. The zero-order valence-electron chi connectivity index (χ0n) is 8.17. The number of benzene rings is 2. The first-order chi connectivity index (χ1) is 6.84. The Balaban J connectivity index is 2.30. The summed E-state index contributed by atoms with van der Waals surface area (Å²) in [5.41, 5.74) is 6.84. The van der Waals surface area contributed by atoms with Gasteiger partial charge in [-0.05, 0) is 47.2 Å². The molecule has 0 atom stereocenters. The molecule has 1 radical (unpaired) electrons. The van der Waals surface area contributed by atoms with Gasteiger partial charge in [0.25, 0.3) is 0 Å². The van der Waals surface area contributed by atoms with Crippen LogP contribution in [0.25, 0.3) is 11.1 Å². The molecule has 0 fully saturated rings. The molecule has 0 spiro atoms. The number of fused-ring (bicyclic) bond motifs is 3. The molecule has 2 aromatic carbocycles. The third-order valence-corrected chi connectivity index (χ3v) is 2.85. The first-order valence-corrected chi connectivity index (χ1v) is 4.94. The third-order valence-electron chi connectivity index (χ3n) is 2.85. The first kappa shape index (κ1) is 7.81. The predicted octanol–water partition coefficient (Wildman–Crippen LogP) is 3.37. The van der Waals surface area contributed by atoms with Gasteiger partial charge in [0.2, 0.25) is 0 Å². The van der Waals surface area contributed by atoms with Gasteiger partial charge in [-0.2, -0.15) is 0 Å². The maximum atomic E-state index is 3.36. The van der Waals surface area contributed by atoms with Crippen LogP contribution in [-0.4, -0.2) is 0 Å². The van der Waals surface area contributed by atoms with Crippen molar-refractivity contribution in [1.29, 1.82) is 0 Å². The topological polar surface area (TPSA) is 0 Å². The number of hydrogen-bond acceptors (Lipinski definition) is 0. The van der Waals surface area contributed by atoms with Gasteiger partial charge in [0, 0.05) is 0 Å². The van der Waals surface area contributed by atoms with Gasteiger partial charge in [-0.3, -0.25) is 0 Å². The Kier molecular flexibility index (Phi) is 1.51. The van der Waals surface area contributed by atoms with Crippen molar-refractivity contribution in [3.63, 3.8) is 0 Å². The highest BCUT2D eigenvalue weighted by Gasteiger charge is 2.17. The summed E-state index contributed by atoms with van der Waals surface area (Å²) in [7, 11) is 0. The van der Waals surface area contributed by atoms with Crippen molar-refractivity contribution in [1.82, 2.24) is 0 Å². The number of hydrogen-bond donors (Lipinski definition) is 0. The molecule has 0 heterocycles. The zero-order valence-corrected chi connectivity index (χ0v) is 8.17. The molecule has 0 amide bonds. The summed E-state index contributed by atoms with van der Waals surface area (Å²) in [4.78, 5) is 0. The lowest BCUT2D eigenvalue weighted by atomic mass is 10.0. The first-order valence-electron chi connectivity index (χ1n) is 4.94. The van der Waals surface area contributed by atoms with Crippen molar-refractivity contribution in [2.45, 2.75) is 13.3 Å². The van der Waals surface area contributed by atoms with E-state index in [4.69, 9.17) is 0 Å². The molecule has 0 saturated carbocycles. The van der Waals surface area contributed by atoms with Crippen LogP contribution < -0.4 is 0 Å². The highest BCUT2D eigenvalue weighted by Crippen LogP contribution is 2.36. The highest BCUT2D eigenvalue weighted by molar-refractivity contribution is 5.76. The minimum absolute atomic E-state index is 1.05. The minimum Gasteiger partial charge on any atom is -0.0619 e. The maximum absolute atomic E-state index is 3.36. The Hall–Kier alpha value is -1.56. The highest BCUT2D eigenvalue weighted by atomic mass is 14.2. The smallest absolute Gasteiger partial charge is 0.000728 e. The van der Waals surface area contributed by atoms with E-state index in [2.05, 4.69) is 49.4 Å². The molecule has 2 aromatic rings. The molecule has 0 nitrogen and oxygen atoms in total. The molecule has 0 unspecified atom stereocenters. The Labute approximate surface area is 84.2 Å². The summed E-state index contributed by atoms with van der Waals surface area (Å²) >= 11 is 0. The molecule has 0 heteroatoms. The normalized spacial score (nSPS) is 12.4. The standard InChI is InChI=1S/C14H11/c1-10-6-7-12-9-11-4-2-3-5-13(11)14(12)8-10/h2-6,8H,9H2,1H3. The molecular formula is C14H11. The SMILES string of the molecule is Cc1c[c]c2c(c1)-c1ccccc1C2. The van der Waals surface area contributed by atoms with Crippen LogP contribution in [0, 0.1) is 13.0 Å². The quantitative estimate of drug-likeness (QED) is 0.496. The maximum Gasteiger partial charge on any atom is -0.000728 e. The fourth-order valence-electron chi connectivity index (χ4n) is 2.15. The van der Waals surface area contributed by atoms with Gasteiger partial charge in [-0.1, -0.05) is 36.4 Å². The van der Waals surface area contributed by atoms with Crippen molar-refractivity contribution in [2.24, 2.45) is 0 Å². The Morgan fingerprint density at radius 2 is 2.00 bits per heavy atom. The van der Waals surface area contributed by atoms with Crippen LogP contribution in [0.3, 0.4) is 0 Å². The van der Waals surface area contributed by atoms with E-state index in [1.165, 1.54) is 27.8 Å². The lowest BCUT2D eigenvalue weighted by molar-refractivity contribution is 1.25. The lowest BCUT2D eigenvalue weighted by Crippen LogP contribution is -1.80. The van der Waals surface area contributed by atoms with Gasteiger partial charge >= 0.3 is 0 Å². The zero-order chi connectivity index (χ0) is 9.54. The van der Waals surface area contributed by atoms with Gasteiger partial charge in [0.15, 0.2) is 0 Å². The van der Waals surface area contributed by atoms with E-state index in [1.54, 1.807) is 0 Å². The summed E-state index contributed by atoms with van der Waals surface area (Å²) in [6.07, 6.45) is 1.05. The van der Waals surface area contributed by atoms with Crippen LogP contribution in [0.5, 0.6) is 0 Å². The fourth-order valence-corrected chi connectivity index (χ4v) is 2.15. The van der Waals surface area contributed by atoms with Gasteiger partial charge in [0.05, 0.1) is 0 Å². The van der Waals surface area contributed by atoms with Gasteiger partial charge in [0.1, 0.15) is 0 Å². The fraction of sp³-hybridized carbons (Fsp3) is 0.143. The predicted molar refractivity (Wildman–Crippen MR) is 58.3 cm³/mol. The molecule has 0 N–H and O–H groups in total. The van der Waals surface area contributed by atoms with Crippen LogP contribution in [0.1, 0.15) is 16.7 Å². The van der Waals surface area contributed by atoms with Gasteiger partial charge in [-0.15, -0.1) is 0 Å². The molecule has 1 aliphatic carbocycles. The molecule has 0 bridgehead atoms. The molecule has 14 heavy (non-hydrogen) atoms. The minimum atomic E-state index is 1.05. The van der Waals surface area contributed by atoms with Gasteiger partial charge < -0.3 is 0 Å². The van der Waals surface area contributed by atoms with E-state index in [0.717, 1.165) is 6.42 Å². The van der Waals surface area contributed by atoms with E-state index in [9.17, 15) is 0 Å². The monoisotopic (exact) mass is 179 g/mol. The molecule has 0 aromatic heterocycles.